The maximum absolute atomic E-state index is 5.00. The van der Waals surface area contributed by atoms with Gasteiger partial charge in [-0.3, -0.25) is 0 Å². The van der Waals surface area contributed by atoms with E-state index in [2.05, 4.69) is 20.0 Å². The molecule has 62 valence electrons. The molecule has 0 spiro atoms. The minimum atomic E-state index is -0.795. The van der Waals surface area contributed by atoms with Gasteiger partial charge in [0.15, 0.2) is 0 Å². The van der Waals surface area contributed by atoms with Gasteiger partial charge in [0.2, 0.25) is 0 Å². The Kier molecular flexibility index (Phi) is 5.00. The first kappa shape index (κ1) is 10.2. The van der Waals surface area contributed by atoms with Crippen molar-refractivity contribution in [2.45, 2.75) is 38.5 Å². The van der Waals surface area contributed by atoms with Crippen LogP contribution in [0.3, 0.4) is 0 Å². The van der Waals surface area contributed by atoms with Crippen LogP contribution in [0.1, 0.15) is 13.3 Å². The van der Waals surface area contributed by atoms with Gasteiger partial charge in [0, 0.05) is 21.8 Å². The van der Waals surface area contributed by atoms with Crippen molar-refractivity contribution in [1.82, 2.24) is 0 Å². The lowest BCUT2D eigenvalue weighted by Gasteiger charge is -2.19. The van der Waals surface area contributed by atoms with E-state index in [0.717, 1.165) is 6.61 Å². The molecule has 0 unspecified atom stereocenters. The lowest BCUT2D eigenvalue weighted by Crippen LogP contribution is -2.23. The monoisotopic (exact) mass is 160 g/mol. The molecule has 0 aromatic rings. The summed E-state index contributed by atoms with van der Waals surface area (Å²) in [6.45, 7) is 8.14. The van der Waals surface area contributed by atoms with Gasteiger partial charge in [-0.2, -0.15) is 0 Å². The van der Waals surface area contributed by atoms with E-state index in [9.17, 15) is 0 Å². The molecular formula is C8H20OSi. The van der Waals surface area contributed by atoms with E-state index in [1.165, 1.54) is 18.5 Å². The predicted molar refractivity (Wildman–Crippen MR) is 49.3 cm³/mol. The molecular weight excluding hydrogens is 140 g/mol. The summed E-state index contributed by atoms with van der Waals surface area (Å²) in [6, 6.07) is 2.81. The summed E-state index contributed by atoms with van der Waals surface area (Å²) in [5.74, 6) is 0. The average Bonchev–Trinajstić information content (AvgIpc) is 1.89. The van der Waals surface area contributed by atoms with Crippen molar-refractivity contribution in [3.63, 3.8) is 0 Å². The Morgan fingerprint density at radius 2 is 1.90 bits per heavy atom. The molecule has 0 saturated carbocycles. The molecule has 0 radical (unpaired) electrons. The van der Waals surface area contributed by atoms with Crippen molar-refractivity contribution < 1.29 is 4.74 Å². The van der Waals surface area contributed by atoms with Crippen molar-refractivity contribution in [2.24, 2.45) is 0 Å². The molecule has 0 fully saturated rings. The number of ether oxygens (including phenoxy) is 1. The molecule has 0 bridgehead atoms. The Morgan fingerprint density at radius 1 is 1.30 bits per heavy atom. The van der Waals surface area contributed by atoms with E-state index in [0.29, 0.717) is 0 Å². The third kappa shape index (κ3) is 5.00. The zero-order valence-electron chi connectivity index (χ0n) is 7.74. The summed E-state index contributed by atoms with van der Waals surface area (Å²) < 4.78 is 5.00. The van der Waals surface area contributed by atoms with Crippen molar-refractivity contribution in [2.75, 3.05) is 13.7 Å². The summed E-state index contributed by atoms with van der Waals surface area (Å²) in [5, 5.41) is 0. The van der Waals surface area contributed by atoms with Crippen molar-refractivity contribution in [3.05, 3.63) is 0 Å². The minimum Gasteiger partial charge on any atom is -0.385 e. The van der Waals surface area contributed by atoms with E-state index in [1.54, 1.807) is 7.11 Å². The van der Waals surface area contributed by atoms with Crippen LogP contribution in [0.25, 0.3) is 0 Å². The SMILES string of the molecule is CC[Si](C)(C)CCCOC. The first-order valence-electron chi connectivity index (χ1n) is 4.11. The number of hydrogen-bond donors (Lipinski definition) is 0. The van der Waals surface area contributed by atoms with Gasteiger partial charge in [-0.1, -0.05) is 32.1 Å². The van der Waals surface area contributed by atoms with Crippen molar-refractivity contribution in [1.29, 1.82) is 0 Å². The van der Waals surface area contributed by atoms with Crippen LogP contribution in [0.4, 0.5) is 0 Å². The van der Waals surface area contributed by atoms with Gasteiger partial charge >= 0.3 is 0 Å². The Balaban J connectivity index is 3.28. The smallest absolute Gasteiger partial charge is 0.0471 e. The molecule has 0 rings (SSSR count). The lowest BCUT2D eigenvalue weighted by atomic mass is 10.5. The third-order valence-electron chi connectivity index (χ3n) is 2.16. The zero-order chi connectivity index (χ0) is 8.04. The van der Waals surface area contributed by atoms with Crippen molar-refractivity contribution in [3.8, 4) is 0 Å². The van der Waals surface area contributed by atoms with Crippen LogP contribution in [0.5, 0.6) is 0 Å². The normalized spacial score (nSPS) is 12.0. The van der Waals surface area contributed by atoms with Crippen LogP contribution >= 0.6 is 0 Å². The second-order valence-electron chi connectivity index (χ2n) is 3.61. The highest BCUT2D eigenvalue weighted by Crippen LogP contribution is 2.16. The third-order valence-corrected chi connectivity index (χ3v) is 5.78. The largest absolute Gasteiger partial charge is 0.385 e. The van der Waals surface area contributed by atoms with E-state index in [-0.39, 0.29) is 0 Å². The molecule has 0 aliphatic rings. The fraction of sp³-hybridized carbons (Fsp3) is 1.00. The van der Waals surface area contributed by atoms with Gasteiger partial charge in [0.05, 0.1) is 0 Å². The van der Waals surface area contributed by atoms with Crippen LogP contribution in [0.2, 0.25) is 25.2 Å². The van der Waals surface area contributed by atoms with E-state index >= 15 is 0 Å². The Bertz CT molecular complexity index is 81.3. The molecule has 0 aliphatic carbocycles. The highest BCUT2D eigenvalue weighted by Gasteiger charge is 2.16. The Morgan fingerprint density at radius 3 is 2.30 bits per heavy atom. The van der Waals surface area contributed by atoms with E-state index in [1.807, 2.05) is 0 Å². The van der Waals surface area contributed by atoms with Crippen LogP contribution in [-0.4, -0.2) is 21.8 Å². The molecule has 0 saturated heterocycles. The molecule has 0 aromatic heterocycles. The summed E-state index contributed by atoms with van der Waals surface area (Å²) in [6.07, 6.45) is 1.25. The number of rotatable bonds is 5. The highest BCUT2D eigenvalue weighted by molar-refractivity contribution is 6.77. The average molecular weight is 160 g/mol. The fourth-order valence-corrected chi connectivity index (χ4v) is 2.33. The zero-order valence-corrected chi connectivity index (χ0v) is 8.74. The summed E-state index contributed by atoms with van der Waals surface area (Å²) in [4.78, 5) is 0. The molecule has 10 heavy (non-hydrogen) atoms. The standard InChI is InChI=1S/C8H20OSi/c1-5-10(3,4)8-6-7-9-2/h5-8H2,1-4H3. The summed E-state index contributed by atoms with van der Waals surface area (Å²) in [7, 11) is 0.984. The van der Waals surface area contributed by atoms with Crippen LogP contribution < -0.4 is 0 Å². The quantitative estimate of drug-likeness (QED) is 0.444. The second kappa shape index (κ2) is 4.91. The van der Waals surface area contributed by atoms with Crippen molar-refractivity contribution >= 4 is 8.07 Å². The summed E-state index contributed by atoms with van der Waals surface area (Å²) in [5.41, 5.74) is 0. The first-order chi connectivity index (χ1) is 4.62. The molecule has 0 aromatic carbocycles. The summed E-state index contributed by atoms with van der Waals surface area (Å²) >= 11 is 0. The maximum atomic E-state index is 5.00. The molecule has 0 aliphatic heterocycles. The fourth-order valence-electron chi connectivity index (χ4n) is 0.872. The Hall–Kier alpha value is 0.177. The lowest BCUT2D eigenvalue weighted by molar-refractivity contribution is 0.199. The van der Waals surface area contributed by atoms with Gasteiger partial charge in [-0.25, -0.2) is 0 Å². The van der Waals surface area contributed by atoms with Crippen LogP contribution in [-0.2, 0) is 4.74 Å². The van der Waals surface area contributed by atoms with Gasteiger partial charge < -0.3 is 4.74 Å². The maximum Gasteiger partial charge on any atom is 0.0471 e. The highest BCUT2D eigenvalue weighted by atomic mass is 28.3. The van der Waals surface area contributed by atoms with Gasteiger partial charge in [-0.05, 0) is 6.42 Å². The minimum absolute atomic E-state index is 0.795. The van der Waals surface area contributed by atoms with E-state index < -0.39 is 8.07 Å². The number of methoxy groups -OCH3 is 1. The molecule has 0 heterocycles. The number of hydrogen-bond acceptors (Lipinski definition) is 1. The van der Waals surface area contributed by atoms with Gasteiger partial charge in [0.25, 0.3) is 0 Å². The molecule has 2 heteroatoms. The van der Waals surface area contributed by atoms with Gasteiger partial charge in [-0.15, -0.1) is 0 Å². The van der Waals surface area contributed by atoms with Gasteiger partial charge in [0.1, 0.15) is 0 Å². The molecule has 0 atom stereocenters. The predicted octanol–water partition coefficient (Wildman–Crippen LogP) is 2.75. The van der Waals surface area contributed by atoms with Crippen LogP contribution in [0, 0.1) is 0 Å². The molecule has 0 amide bonds. The first-order valence-corrected chi connectivity index (χ1v) is 7.53. The molecule has 0 N–H and O–H groups in total. The second-order valence-corrected chi connectivity index (χ2v) is 9.15. The van der Waals surface area contributed by atoms with E-state index in [4.69, 9.17) is 4.74 Å². The van der Waals surface area contributed by atoms with Crippen LogP contribution in [0.15, 0.2) is 0 Å². The molecule has 1 nitrogen and oxygen atoms in total. The topological polar surface area (TPSA) is 9.23 Å². The Labute approximate surface area is 65.8 Å².